The van der Waals surface area contributed by atoms with Gasteiger partial charge >= 0.3 is 6.09 Å². The van der Waals surface area contributed by atoms with Crippen molar-refractivity contribution in [3.8, 4) is 0 Å². The number of hydrogen-bond acceptors (Lipinski definition) is 6. The van der Waals surface area contributed by atoms with Gasteiger partial charge in [-0.2, -0.15) is 11.8 Å². The molecule has 0 aliphatic rings. The molecule has 1 rings (SSSR count). The predicted molar refractivity (Wildman–Crippen MR) is 89.2 cm³/mol. The van der Waals surface area contributed by atoms with Crippen LogP contribution in [0.2, 0.25) is 0 Å². The maximum Gasteiger partial charge on any atom is 0.408 e. The third kappa shape index (κ3) is 7.36. The maximum absolute atomic E-state index is 12.1. The van der Waals surface area contributed by atoms with Gasteiger partial charge in [-0.15, -0.1) is 0 Å². The van der Waals surface area contributed by atoms with Crippen LogP contribution in [0, 0.1) is 0 Å². The Labute approximate surface area is 145 Å². The van der Waals surface area contributed by atoms with Crippen molar-refractivity contribution in [3.63, 3.8) is 0 Å². The number of alkyl carbamates (subject to hydrolysis) is 1. The molecule has 1 aromatic carbocycles. The lowest BCUT2D eigenvalue weighted by Crippen LogP contribution is -2.53. The van der Waals surface area contributed by atoms with Gasteiger partial charge in [0.1, 0.15) is 12.6 Å². The molecule has 0 fully saturated rings. The highest BCUT2D eigenvalue weighted by atomic mass is 32.2. The summed E-state index contributed by atoms with van der Waals surface area (Å²) in [6.07, 6.45) is 1.49. The summed E-state index contributed by atoms with van der Waals surface area (Å²) in [4.78, 5) is 34.7. The summed E-state index contributed by atoms with van der Waals surface area (Å²) < 4.78 is 5.08. The molecule has 0 bridgehead atoms. The minimum Gasteiger partial charge on any atom is -0.548 e. The van der Waals surface area contributed by atoms with E-state index < -0.39 is 30.1 Å². The number of carbonyl (C=O) groups is 3. The molecule has 7 nitrogen and oxygen atoms in total. The van der Waals surface area contributed by atoms with Crippen LogP contribution in [0.5, 0.6) is 0 Å². The monoisotopic (exact) mass is 353 g/mol. The topological polar surface area (TPSA) is 108 Å². The largest absolute Gasteiger partial charge is 0.548 e. The van der Waals surface area contributed by atoms with Gasteiger partial charge in [-0.05, 0) is 30.9 Å². The van der Waals surface area contributed by atoms with E-state index in [-0.39, 0.29) is 6.61 Å². The Balaban J connectivity index is 2.55. The SMILES string of the molecule is CSCC[C@H](NC(=O)OCc1ccccc1)C(=O)N[C@@H](C)C(=O)[O-]. The van der Waals surface area contributed by atoms with Gasteiger partial charge in [0.15, 0.2) is 0 Å². The molecule has 2 atom stereocenters. The molecular formula is C16H21N2O5S-. The molecule has 0 radical (unpaired) electrons. The van der Waals surface area contributed by atoms with Crippen LogP contribution in [0.1, 0.15) is 18.9 Å². The zero-order valence-electron chi connectivity index (χ0n) is 13.6. The van der Waals surface area contributed by atoms with Crippen LogP contribution in [-0.2, 0) is 20.9 Å². The van der Waals surface area contributed by atoms with Crippen LogP contribution >= 0.6 is 11.8 Å². The maximum atomic E-state index is 12.1. The molecule has 0 aliphatic carbocycles. The first-order valence-electron chi connectivity index (χ1n) is 7.41. The highest BCUT2D eigenvalue weighted by Gasteiger charge is 2.22. The van der Waals surface area contributed by atoms with E-state index >= 15 is 0 Å². The fourth-order valence-electron chi connectivity index (χ4n) is 1.78. The summed E-state index contributed by atoms with van der Waals surface area (Å²) >= 11 is 1.51. The average Bonchev–Trinajstić information content (AvgIpc) is 2.57. The molecular weight excluding hydrogens is 332 g/mol. The molecule has 0 saturated carbocycles. The second-order valence-corrected chi connectivity index (χ2v) is 6.08. The number of ether oxygens (including phenoxy) is 1. The molecule has 2 amide bonds. The van der Waals surface area contributed by atoms with Gasteiger partial charge in [-0.25, -0.2) is 4.79 Å². The standard InChI is InChI=1S/C16H22N2O5S/c1-11(15(20)21)17-14(19)13(8-9-24-2)18-16(22)23-10-12-6-4-3-5-7-12/h3-7,11,13H,8-10H2,1-2H3,(H,17,19)(H,18,22)(H,20,21)/p-1/t11-,13-/m0/s1. The number of hydrogen-bond donors (Lipinski definition) is 2. The normalized spacial score (nSPS) is 12.8. The van der Waals surface area contributed by atoms with E-state index in [1.165, 1.54) is 18.7 Å². The van der Waals surface area contributed by atoms with Gasteiger partial charge in [0.25, 0.3) is 0 Å². The molecule has 0 heterocycles. The third-order valence-electron chi connectivity index (χ3n) is 3.14. The predicted octanol–water partition coefficient (Wildman–Crippen LogP) is 0.289. The minimum absolute atomic E-state index is 0.0823. The Bertz CT molecular complexity index is 553. The van der Waals surface area contributed by atoms with E-state index in [9.17, 15) is 19.5 Å². The fraction of sp³-hybridized carbons (Fsp3) is 0.438. The third-order valence-corrected chi connectivity index (χ3v) is 3.79. The quantitative estimate of drug-likeness (QED) is 0.661. The van der Waals surface area contributed by atoms with Crippen molar-refractivity contribution in [3.05, 3.63) is 35.9 Å². The molecule has 2 N–H and O–H groups in total. The number of amides is 2. The molecule has 132 valence electrons. The summed E-state index contributed by atoms with van der Waals surface area (Å²) in [6.45, 7) is 1.38. The Morgan fingerprint density at radius 1 is 1.21 bits per heavy atom. The minimum atomic E-state index is -1.39. The number of carbonyl (C=O) groups excluding carboxylic acids is 3. The van der Waals surface area contributed by atoms with Crippen molar-refractivity contribution in [1.82, 2.24) is 10.6 Å². The second-order valence-electron chi connectivity index (χ2n) is 5.09. The van der Waals surface area contributed by atoms with Crippen LogP contribution in [0.25, 0.3) is 0 Å². The van der Waals surface area contributed by atoms with E-state index in [1.54, 1.807) is 0 Å². The average molecular weight is 353 g/mol. The number of thioether (sulfide) groups is 1. The first-order chi connectivity index (χ1) is 11.4. The van der Waals surface area contributed by atoms with E-state index in [2.05, 4.69) is 10.6 Å². The highest BCUT2D eigenvalue weighted by molar-refractivity contribution is 7.98. The van der Waals surface area contributed by atoms with E-state index in [1.807, 2.05) is 36.6 Å². The Kier molecular flexibility index (Phi) is 8.70. The van der Waals surface area contributed by atoms with Crippen LogP contribution in [0.15, 0.2) is 30.3 Å². The van der Waals surface area contributed by atoms with Crippen LogP contribution in [0.4, 0.5) is 4.79 Å². The highest BCUT2D eigenvalue weighted by Crippen LogP contribution is 2.04. The zero-order valence-corrected chi connectivity index (χ0v) is 14.4. The number of benzene rings is 1. The van der Waals surface area contributed by atoms with Gasteiger partial charge in [0.2, 0.25) is 5.91 Å². The van der Waals surface area contributed by atoms with Crippen LogP contribution in [-0.4, -0.2) is 42.1 Å². The smallest absolute Gasteiger partial charge is 0.408 e. The lowest BCUT2D eigenvalue weighted by Gasteiger charge is -2.21. The number of carboxylic acids is 1. The number of rotatable bonds is 9. The van der Waals surface area contributed by atoms with Crippen molar-refractivity contribution < 1.29 is 24.2 Å². The first kappa shape index (κ1) is 19.8. The Morgan fingerprint density at radius 2 is 1.88 bits per heavy atom. The van der Waals surface area contributed by atoms with Gasteiger partial charge in [0.05, 0.1) is 12.0 Å². The van der Waals surface area contributed by atoms with E-state index in [4.69, 9.17) is 4.74 Å². The molecule has 0 aromatic heterocycles. The van der Waals surface area contributed by atoms with Crippen molar-refractivity contribution in [2.24, 2.45) is 0 Å². The van der Waals surface area contributed by atoms with Crippen molar-refractivity contribution >= 4 is 29.7 Å². The summed E-state index contributed by atoms with van der Waals surface area (Å²) in [5.41, 5.74) is 0.823. The molecule has 0 unspecified atom stereocenters. The Hall–Kier alpha value is -2.22. The molecule has 24 heavy (non-hydrogen) atoms. The second kappa shape index (κ2) is 10.5. The van der Waals surface area contributed by atoms with Crippen LogP contribution < -0.4 is 15.7 Å². The number of aliphatic carboxylic acids is 1. The molecule has 1 aromatic rings. The molecule has 0 aliphatic heterocycles. The lowest BCUT2D eigenvalue weighted by atomic mass is 10.2. The first-order valence-corrected chi connectivity index (χ1v) is 8.80. The van der Waals surface area contributed by atoms with Gasteiger partial charge in [0, 0.05) is 0 Å². The fourth-order valence-corrected chi connectivity index (χ4v) is 2.26. The Morgan fingerprint density at radius 3 is 2.46 bits per heavy atom. The van der Waals surface area contributed by atoms with Crippen molar-refractivity contribution in [1.29, 1.82) is 0 Å². The van der Waals surface area contributed by atoms with E-state index in [0.29, 0.717) is 12.2 Å². The summed E-state index contributed by atoms with van der Waals surface area (Å²) in [6, 6.07) is 7.11. The molecule has 0 saturated heterocycles. The van der Waals surface area contributed by atoms with E-state index in [0.717, 1.165) is 5.56 Å². The zero-order chi connectivity index (χ0) is 17.9. The summed E-state index contributed by atoms with van der Waals surface area (Å²) in [5.74, 6) is -1.35. The van der Waals surface area contributed by atoms with Crippen molar-refractivity contribution in [2.75, 3.05) is 12.0 Å². The molecule has 0 spiro atoms. The van der Waals surface area contributed by atoms with Crippen LogP contribution in [0.3, 0.4) is 0 Å². The molecule has 8 heteroatoms. The number of carboxylic acid groups (broad SMARTS) is 1. The summed E-state index contributed by atoms with van der Waals surface area (Å²) in [7, 11) is 0. The van der Waals surface area contributed by atoms with Gasteiger partial charge in [-0.3, -0.25) is 4.79 Å². The van der Waals surface area contributed by atoms with Gasteiger partial charge in [-0.1, -0.05) is 30.3 Å². The van der Waals surface area contributed by atoms with Gasteiger partial charge < -0.3 is 25.3 Å². The number of nitrogens with one attached hydrogen (secondary N) is 2. The lowest BCUT2D eigenvalue weighted by molar-refractivity contribution is -0.307. The van der Waals surface area contributed by atoms with Crippen molar-refractivity contribution in [2.45, 2.75) is 32.0 Å². The summed E-state index contributed by atoms with van der Waals surface area (Å²) in [5, 5.41) is 15.5.